The number of aliphatic carboxylic acids is 1. The van der Waals surface area contributed by atoms with E-state index in [0.717, 1.165) is 11.6 Å². The average molecular weight is 427 g/mol. The first-order valence-corrected chi connectivity index (χ1v) is 9.48. The van der Waals surface area contributed by atoms with Crippen molar-refractivity contribution < 1.29 is 33.6 Å². The van der Waals surface area contributed by atoms with Gasteiger partial charge in [0.1, 0.15) is 25.1 Å². The maximum Gasteiger partial charge on any atom is 0.333 e. The zero-order chi connectivity index (χ0) is 21.4. The van der Waals surface area contributed by atoms with Gasteiger partial charge >= 0.3 is 5.97 Å². The normalized spacial score (nSPS) is 13.2. The Bertz CT molecular complexity index is 814. The Morgan fingerprint density at radius 1 is 1.14 bits per heavy atom. The van der Waals surface area contributed by atoms with Crippen LogP contribution in [-0.4, -0.2) is 47.7 Å². The van der Waals surface area contributed by atoms with Crippen molar-refractivity contribution in [3.05, 3.63) is 58.9 Å². The second-order valence-corrected chi connectivity index (χ2v) is 7.15. The maximum atomic E-state index is 13.7. The fourth-order valence-corrected chi connectivity index (χ4v) is 2.68. The maximum absolute atomic E-state index is 13.7. The molecule has 0 heterocycles. The van der Waals surface area contributed by atoms with E-state index in [1.165, 1.54) is 12.1 Å². The molecule has 2 atom stereocenters. The quantitative estimate of drug-likeness (QED) is 0.569. The zero-order valence-electron chi connectivity index (χ0n) is 16.2. The molecule has 2 N–H and O–H groups in total. The van der Waals surface area contributed by atoms with Crippen LogP contribution in [0.2, 0.25) is 5.02 Å². The van der Waals surface area contributed by atoms with Gasteiger partial charge in [0.25, 0.3) is 0 Å². The molecule has 158 valence electrons. The van der Waals surface area contributed by atoms with E-state index in [0.29, 0.717) is 5.75 Å². The van der Waals surface area contributed by atoms with Gasteiger partial charge in [0, 0.05) is 11.4 Å². The number of ether oxygens (including phenoxy) is 3. The lowest BCUT2D eigenvalue weighted by atomic mass is 10.1. The first-order valence-electron chi connectivity index (χ1n) is 9.10. The van der Waals surface area contributed by atoms with Crippen LogP contribution in [0.1, 0.15) is 19.4 Å². The van der Waals surface area contributed by atoms with E-state index in [9.17, 15) is 19.4 Å². The van der Waals surface area contributed by atoms with Gasteiger partial charge in [-0.1, -0.05) is 23.7 Å². The largest absolute Gasteiger partial charge is 0.491 e. The van der Waals surface area contributed by atoms with Gasteiger partial charge in [-0.25, -0.2) is 9.18 Å². The Kier molecular flexibility index (Phi) is 8.70. The summed E-state index contributed by atoms with van der Waals surface area (Å²) in [5.74, 6) is -1.20. The molecule has 8 heteroatoms. The molecule has 0 aliphatic carbocycles. The number of carbonyl (C=O) groups is 1. The van der Waals surface area contributed by atoms with Crippen molar-refractivity contribution in [2.24, 2.45) is 0 Å². The molecule has 2 aromatic carbocycles. The van der Waals surface area contributed by atoms with E-state index in [4.69, 9.17) is 25.8 Å². The van der Waals surface area contributed by atoms with Crippen LogP contribution in [0.15, 0.2) is 42.5 Å². The number of aliphatic hydroxyl groups excluding tert-OH is 1. The number of halogens is 2. The average Bonchev–Trinajstić information content (AvgIpc) is 2.65. The van der Waals surface area contributed by atoms with Gasteiger partial charge in [-0.3, -0.25) is 0 Å². The molecule has 0 saturated carbocycles. The van der Waals surface area contributed by atoms with Crippen LogP contribution in [0, 0.1) is 5.82 Å². The number of carboxylic acid groups (broad SMARTS) is 1. The number of hydrogen-bond donors (Lipinski definition) is 2. The molecule has 2 aromatic rings. The van der Waals surface area contributed by atoms with Crippen LogP contribution in [0.5, 0.6) is 11.5 Å². The summed E-state index contributed by atoms with van der Waals surface area (Å²) in [6, 6.07) is 10.9. The molecule has 29 heavy (non-hydrogen) atoms. The zero-order valence-corrected chi connectivity index (χ0v) is 16.9. The molecule has 0 aliphatic rings. The molecule has 2 rings (SSSR count). The smallest absolute Gasteiger partial charge is 0.333 e. The van der Waals surface area contributed by atoms with Gasteiger partial charge in [0.15, 0.2) is 17.7 Å². The Balaban J connectivity index is 1.87. The number of rotatable bonds is 11. The van der Waals surface area contributed by atoms with Gasteiger partial charge in [-0.2, -0.15) is 0 Å². The highest BCUT2D eigenvalue weighted by atomic mass is 35.5. The third-order valence-corrected chi connectivity index (χ3v) is 4.03. The Morgan fingerprint density at radius 2 is 1.86 bits per heavy atom. The van der Waals surface area contributed by atoms with E-state index in [1.807, 2.05) is 0 Å². The van der Waals surface area contributed by atoms with Crippen LogP contribution in [0.3, 0.4) is 0 Å². The lowest BCUT2D eigenvalue weighted by Gasteiger charge is -2.17. The minimum Gasteiger partial charge on any atom is -0.491 e. The topological polar surface area (TPSA) is 85.2 Å². The van der Waals surface area contributed by atoms with Gasteiger partial charge in [-0.15, -0.1) is 0 Å². The summed E-state index contributed by atoms with van der Waals surface area (Å²) in [4.78, 5) is 11.3. The SMILES string of the molecule is CC(C)O[C@@H](Cc1cccc(OCC(O)COc2ccc(Cl)cc2F)c1)C(=O)O. The highest BCUT2D eigenvalue weighted by Crippen LogP contribution is 2.21. The van der Waals surface area contributed by atoms with Crippen molar-refractivity contribution in [3.8, 4) is 11.5 Å². The monoisotopic (exact) mass is 426 g/mol. The van der Waals surface area contributed by atoms with Gasteiger partial charge in [0.05, 0.1) is 6.10 Å². The first-order chi connectivity index (χ1) is 13.7. The lowest BCUT2D eigenvalue weighted by molar-refractivity contribution is -0.153. The van der Waals surface area contributed by atoms with Gasteiger partial charge in [-0.05, 0) is 49.7 Å². The van der Waals surface area contributed by atoms with Crippen molar-refractivity contribution in [2.75, 3.05) is 13.2 Å². The van der Waals surface area contributed by atoms with E-state index < -0.39 is 24.0 Å². The van der Waals surface area contributed by atoms with Gasteiger partial charge in [0.2, 0.25) is 0 Å². The summed E-state index contributed by atoms with van der Waals surface area (Å²) < 4.78 is 29.8. The Morgan fingerprint density at radius 3 is 2.52 bits per heavy atom. The van der Waals surface area contributed by atoms with E-state index >= 15 is 0 Å². The van der Waals surface area contributed by atoms with Gasteiger partial charge < -0.3 is 24.4 Å². The summed E-state index contributed by atoms with van der Waals surface area (Å²) in [6.45, 7) is 3.30. The summed E-state index contributed by atoms with van der Waals surface area (Å²) in [7, 11) is 0. The Labute approximate surface area is 173 Å². The number of carboxylic acids is 1. The summed E-state index contributed by atoms with van der Waals surface area (Å²) in [6.07, 6.45) is -1.98. The molecule has 0 fully saturated rings. The van der Waals surface area contributed by atoms with Crippen LogP contribution < -0.4 is 9.47 Å². The molecule has 0 radical (unpaired) electrons. The molecule has 0 saturated heterocycles. The third kappa shape index (κ3) is 7.89. The van der Waals surface area contributed by atoms with Crippen molar-refractivity contribution in [1.82, 2.24) is 0 Å². The molecular weight excluding hydrogens is 403 g/mol. The summed E-state index contributed by atoms with van der Waals surface area (Å²) in [5.41, 5.74) is 0.726. The van der Waals surface area contributed by atoms with Crippen LogP contribution in [0.25, 0.3) is 0 Å². The predicted octanol–water partition coefficient (Wildman–Crippen LogP) is 3.72. The predicted molar refractivity (Wildman–Crippen MR) is 106 cm³/mol. The molecular formula is C21H24ClFO6. The highest BCUT2D eigenvalue weighted by Gasteiger charge is 2.20. The van der Waals surface area contributed by atoms with E-state index in [2.05, 4.69) is 0 Å². The van der Waals surface area contributed by atoms with Crippen LogP contribution in [0.4, 0.5) is 4.39 Å². The fourth-order valence-electron chi connectivity index (χ4n) is 2.52. The molecule has 0 spiro atoms. The number of aliphatic hydroxyl groups is 1. The van der Waals surface area contributed by atoms with Crippen molar-refractivity contribution >= 4 is 17.6 Å². The first kappa shape index (κ1) is 22.9. The second kappa shape index (κ2) is 11.0. The summed E-state index contributed by atoms with van der Waals surface area (Å²) >= 11 is 5.68. The van der Waals surface area contributed by atoms with E-state index in [1.54, 1.807) is 38.1 Å². The Hall–Kier alpha value is -2.35. The van der Waals surface area contributed by atoms with Crippen molar-refractivity contribution in [1.29, 1.82) is 0 Å². The van der Waals surface area contributed by atoms with Crippen molar-refractivity contribution in [3.63, 3.8) is 0 Å². The molecule has 0 amide bonds. The molecule has 0 bridgehead atoms. The molecule has 0 aromatic heterocycles. The van der Waals surface area contributed by atoms with E-state index in [-0.39, 0.29) is 36.5 Å². The highest BCUT2D eigenvalue weighted by molar-refractivity contribution is 6.30. The standard InChI is InChI=1S/C21H24ClFO6/c1-13(2)29-20(21(25)26)9-14-4-3-5-17(8-14)27-11-16(24)12-28-19-7-6-15(22)10-18(19)23/h3-8,10,13,16,20,24H,9,11-12H2,1-2H3,(H,25,26)/t16?,20-/m0/s1. The van der Waals surface area contributed by atoms with Crippen LogP contribution >= 0.6 is 11.6 Å². The minimum atomic E-state index is -1.04. The second-order valence-electron chi connectivity index (χ2n) is 6.71. The lowest BCUT2D eigenvalue weighted by Crippen LogP contribution is -2.29. The number of benzene rings is 2. The van der Waals surface area contributed by atoms with Crippen LogP contribution in [-0.2, 0) is 16.0 Å². The third-order valence-electron chi connectivity index (χ3n) is 3.80. The molecule has 1 unspecified atom stereocenters. The summed E-state index contributed by atoms with van der Waals surface area (Å²) in [5, 5.41) is 19.5. The molecule has 6 nitrogen and oxygen atoms in total. The minimum absolute atomic E-state index is 0.0136. The fraction of sp³-hybridized carbons (Fsp3) is 0.381. The molecule has 0 aliphatic heterocycles. The number of hydrogen-bond acceptors (Lipinski definition) is 5. The van der Waals surface area contributed by atoms with Crippen molar-refractivity contribution in [2.45, 2.75) is 38.6 Å².